The normalized spacial score (nSPS) is 22.6. The van der Waals surface area contributed by atoms with Crippen molar-refractivity contribution in [3.8, 4) is 5.88 Å². The van der Waals surface area contributed by atoms with Gasteiger partial charge in [0.25, 0.3) is 0 Å². The first-order valence-corrected chi connectivity index (χ1v) is 6.38. The van der Waals surface area contributed by atoms with E-state index in [2.05, 4.69) is 38.1 Å². The minimum absolute atomic E-state index is 0.113. The summed E-state index contributed by atoms with van der Waals surface area (Å²) in [5.41, 5.74) is -0.113. The van der Waals surface area contributed by atoms with Gasteiger partial charge in [0.2, 0.25) is 5.88 Å². The van der Waals surface area contributed by atoms with Crippen molar-refractivity contribution >= 4 is 15.9 Å². The van der Waals surface area contributed by atoms with Gasteiger partial charge in [0.05, 0.1) is 4.47 Å². The minimum Gasteiger partial charge on any atom is -0.468 e. The van der Waals surface area contributed by atoms with E-state index in [-0.39, 0.29) is 5.60 Å². The first-order chi connectivity index (χ1) is 7.66. The molecule has 1 aliphatic carbocycles. The van der Waals surface area contributed by atoms with E-state index in [0.29, 0.717) is 11.8 Å². The van der Waals surface area contributed by atoms with Crippen LogP contribution in [0, 0.1) is 0 Å². The lowest BCUT2D eigenvalue weighted by Crippen LogP contribution is -2.61. The number of rotatable bonds is 3. The maximum absolute atomic E-state index is 5.93. The van der Waals surface area contributed by atoms with Gasteiger partial charge in [0, 0.05) is 25.2 Å². The topological polar surface area (TPSA) is 47.0 Å². The average molecular weight is 284 g/mol. The van der Waals surface area contributed by atoms with E-state index in [4.69, 9.17) is 4.74 Å². The van der Waals surface area contributed by atoms with Crippen LogP contribution in [-0.2, 0) is 0 Å². The summed E-state index contributed by atoms with van der Waals surface area (Å²) in [6.07, 6.45) is 4.21. The van der Waals surface area contributed by atoms with Gasteiger partial charge in [-0.1, -0.05) is 0 Å². The quantitative estimate of drug-likeness (QED) is 0.920. The molecule has 2 fully saturated rings. The first kappa shape index (κ1) is 10.5. The SMILES string of the molecule is CC1(Oc2nc(C3CC3)ncc2Br)CNC1. The van der Waals surface area contributed by atoms with Crippen molar-refractivity contribution in [3.05, 3.63) is 16.5 Å². The van der Waals surface area contributed by atoms with E-state index in [1.54, 1.807) is 6.20 Å². The number of hydrogen-bond donors (Lipinski definition) is 1. The fourth-order valence-corrected chi connectivity index (χ4v) is 2.03. The number of ether oxygens (including phenoxy) is 1. The molecule has 1 saturated heterocycles. The zero-order valence-electron chi connectivity index (χ0n) is 9.16. The molecular weight excluding hydrogens is 270 g/mol. The molecule has 0 spiro atoms. The van der Waals surface area contributed by atoms with Gasteiger partial charge in [-0.2, -0.15) is 4.98 Å². The number of halogens is 1. The van der Waals surface area contributed by atoms with Gasteiger partial charge in [0.1, 0.15) is 11.4 Å². The van der Waals surface area contributed by atoms with Crippen LogP contribution in [0.5, 0.6) is 5.88 Å². The molecular formula is C11H14BrN3O. The van der Waals surface area contributed by atoms with Crippen molar-refractivity contribution in [2.75, 3.05) is 13.1 Å². The van der Waals surface area contributed by atoms with Crippen molar-refractivity contribution in [1.82, 2.24) is 15.3 Å². The van der Waals surface area contributed by atoms with Crippen LogP contribution in [0.25, 0.3) is 0 Å². The molecule has 2 heterocycles. The summed E-state index contributed by atoms with van der Waals surface area (Å²) >= 11 is 3.44. The maximum Gasteiger partial charge on any atom is 0.231 e. The Hall–Kier alpha value is -0.680. The Kier molecular flexibility index (Phi) is 2.40. The lowest BCUT2D eigenvalue weighted by atomic mass is 10.0. The predicted molar refractivity (Wildman–Crippen MR) is 63.6 cm³/mol. The van der Waals surface area contributed by atoms with E-state index in [9.17, 15) is 0 Å². The molecule has 1 aliphatic heterocycles. The largest absolute Gasteiger partial charge is 0.468 e. The van der Waals surface area contributed by atoms with Crippen LogP contribution in [0.15, 0.2) is 10.7 Å². The van der Waals surface area contributed by atoms with Gasteiger partial charge >= 0.3 is 0 Å². The fraction of sp³-hybridized carbons (Fsp3) is 0.636. The Bertz CT molecular complexity index is 416. The molecule has 0 radical (unpaired) electrons. The van der Waals surface area contributed by atoms with Crippen LogP contribution >= 0.6 is 15.9 Å². The predicted octanol–water partition coefficient (Wildman–Crippen LogP) is 1.86. The lowest BCUT2D eigenvalue weighted by molar-refractivity contribution is 0.0293. The second-order valence-corrected chi connectivity index (χ2v) is 5.67. The number of nitrogens with one attached hydrogen (secondary N) is 1. The zero-order valence-corrected chi connectivity index (χ0v) is 10.7. The molecule has 0 amide bonds. The van der Waals surface area contributed by atoms with E-state index in [0.717, 1.165) is 23.4 Å². The van der Waals surface area contributed by atoms with Gasteiger partial charge in [-0.05, 0) is 35.7 Å². The summed E-state index contributed by atoms with van der Waals surface area (Å²) in [4.78, 5) is 8.81. The molecule has 5 heteroatoms. The second kappa shape index (κ2) is 3.67. The molecule has 0 bridgehead atoms. The third-order valence-electron chi connectivity index (χ3n) is 3.01. The van der Waals surface area contributed by atoms with Crippen LogP contribution in [0.1, 0.15) is 31.5 Å². The highest BCUT2D eigenvalue weighted by Crippen LogP contribution is 2.39. The second-order valence-electron chi connectivity index (χ2n) is 4.81. The highest BCUT2D eigenvalue weighted by molar-refractivity contribution is 9.10. The number of nitrogens with zero attached hydrogens (tertiary/aromatic N) is 2. The summed E-state index contributed by atoms with van der Waals surface area (Å²) < 4.78 is 6.76. The van der Waals surface area contributed by atoms with E-state index < -0.39 is 0 Å². The maximum atomic E-state index is 5.93. The Morgan fingerprint density at radius 2 is 2.25 bits per heavy atom. The highest BCUT2D eigenvalue weighted by Gasteiger charge is 2.35. The Morgan fingerprint density at radius 1 is 1.50 bits per heavy atom. The minimum atomic E-state index is -0.113. The van der Waals surface area contributed by atoms with Crippen LogP contribution in [0.4, 0.5) is 0 Å². The monoisotopic (exact) mass is 283 g/mol. The van der Waals surface area contributed by atoms with Gasteiger partial charge < -0.3 is 10.1 Å². The van der Waals surface area contributed by atoms with Gasteiger partial charge in [-0.15, -0.1) is 0 Å². The third-order valence-corrected chi connectivity index (χ3v) is 3.56. The summed E-state index contributed by atoms with van der Waals surface area (Å²) in [6, 6.07) is 0. The number of aromatic nitrogens is 2. The first-order valence-electron chi connectivity index (χ1n) is 5.58. The standard InChI is InChI=1S/C11H14BrN3O/c1-11(5-13-6-11)16-10-8(12)4-14-9(15-10)7-2-3-7/h4,7,13H,2-3,5-6H2,1H3. The molecule has 1 aromatic heterocycles. The molecule has 86 valence electrons. The van der Waals surface area contributed by atoms with Crippen LogP contribution in [-0.4, -0.2) is 28.7 Å². The van der Waals surface area contributed by atoms with E-state index in [1.165, 1.54) is 12.8 Å². The van der Waals surface area contributed by atoms with Gasteiger partial charge in [-0.3, -0.25) is 0 Å². The fourth-order valence-electron chi connectivity index (χ4n) is 1.76. The molecule has 3 rings (SSSR count). The zero-order chi connectivity index (χ0) is 11.2. The van der Waals surface area contributed by atoms with Gasteiger partial charge in [-0.25, -0.2) is 4.98 Å². The van der Waals surface area contributed by atoms with Crippen molar-refractivity contribution in [3.63, 3.8) is 0 Å². The summed E-state index contributed by atoms with van der Waals surface area (Å²) in [6.45, 7) is 3.85. The van der Waals surface area contributed by atoms with Crippen LogP contribution in [0.3, 0.4) is 0 Å². The smallest absolute Gasteiger partial charge is 0.231 e. The molecule has 0 aromatic carbocycles. The Balaban J connectivity index is 1.83. The highest BCUT2D eigenvalue weighted by atomic mass is 79.9. The molecule has 16 heavy (non-hydrogen) atoms. The van der Waals surface area contributed by atoms with E-state index >= 15 is 0 Å². The van der Waals surface area contributed by atoms with Gasteiger partial charge in [0.15, 0.2) is 0 Å². The summed E-state index contributed by atoms with van der Waals surface area (Å²) in [7, 11) is 0. The Morgan fingerprint density at radius 3 is 2.81 bits per heavy atom. The molecule has 1 aromatic rings. The van der Waals surface area contributed by atoms with E-state index in [1.807, 2.05) is 0 Å². The van der Waals surface area contributed by atoms with Crippen molar-refractivity contribution in [2.24, 2.45) is 0 Å². The third kappa shape index (κ3) is 1.94. The Labute approximate surface area is 103 Å². The molecule has 1 saturated carbocycles. The number of hydrogen-bond acceptors (Lipinski definition) is 4. The molecule has 1 N–H and O–H groups in total. The van der Waals surface area contributed by atoms with Crippen LogP contribution in [0.2, 0.25) is 0 Å². The molecule has 0 unspecified atom stereocenters. The van der Waals surface area contributed by atoms with Crippen molar-refractivity contribution < 1.29 is 4.74 Å². The molecule has 0 atom stereocenters. The summed E-state index contributed by atoms with van der Waals surface area (Å²) in [5, 5.41) is 3.21. The van der Waals surface area contributed by atoms with Crippen LogP contribution < -0.4 is 10.1 Å². The summed E-state index contributed by atoms with van der Waals surface area (Å²) in [5.74, 6) is 2.16. The van der Waals surface area contributed by atoms with Crippen molar-refractivity contribution in [2.45, 2.75) is 31.3 Å². The van der Waals surface area contributed by atoms with Crippen molar-refractivity contribution in [1.29, 1.82) is 0 Å². The lowest BCUT2D eigenvalue weighted by Gasteiger charge is -2.39. The molecule has 2 aliphatic rings. The molecule has 4 nitrogen and oxygen atoms in total. The average Bonchev–Trinajstić information content (AvgIpc) is 3.02.